The van der Waals surface area contributed by atoms with E-state index in [9.17, 15) is 4.79 Å². The molecule has 5 nitrogen and oxygen atoms in total. The molecule has 28 heavy (non-hydrogen) atoms. The van der Waals surface area contributed by atoms with E-state index in [1.165, 1.54) is 0 Å². The van der Waals surface area contributed by atoms with E-state index in [0.717, 1.165) is 28.2 Å². The van der Waals surface area contributed by atoms with Gasteiger partial charge in [-0.25, -0.2) is 4.68 Å². The van der Waals surface area contributed by atoms with Gasteiger partial charge in [-0.1, -0.05) is 52.0 Å². The molecule has 0 saturated heterocycles. The standard InChI is InChI=1S/C23H28N4O/c1-15(2)21-20(23(28)25-14-18-10-8-12-24-13-18)22(16(3)4)27(26-21)19-11-7-6-9-17(19)5/h6-13,15-16H,14H2,1-5H3,(H,25,28). The molecule has 0 saturated carbocycles. The Hall–Kier alpha value is -2.95. The molecule has 1 amide bonds. The van der Waals surface area contributed by atoms with Gasteiger partial charge in [0.1, 0.15) is 0 Å². The molecule has 3 aromatic rings. The van der Waals surface area contributed by atoms with Crippen LogP contribution in [0.3, 0.4) is 0 Å². The Kier molecular flexibility index (Phi) is 5.93. The first kappa shape index (κ1) is 19.8. The van der Waals surface area contributed by atoms with Gasteiger partial charge in [-0.2, -0.15) is 5.10 Å². The molecule has 0 atom stereocenters. The van der Waals surface area contributed by atoms with Gasteiger partial charge in [-0.05, 0) is 42.0 Å². The molecule has 1 aromatic carbocycles. The van der Waals surface area contributed by atoms with Crippen molar-refractivity contribution in [2.45, 2.75) is 53.0 Å². The second-order valence-electron chi connectivity index (χ2n) is 7.70. The van der Waals surface area contributed by atoms with Crippen molar-refractivity contribution in [1.82, 2.24) is 20.1 Å². The average Bonchev–Trinajstić information content (AvgIpc) is 3.08. The highest BCUT2D eigenvalue weighted by atomic mass is 16.1. The maximum absolute atomic E-state index is 13.2. The molecule has 0 bridgehead atoms. The minimum absolute atomic E-state index is 0.0870. The highest BCUT2D eigenvalue weighted by Crippen LogP contribution is 2.30. The molecule has 146 valence electrons. The summed E-state index contributed by atoms with van der Waals surface area (Å²) in [6.45, 7) is 10.9. The quantitative estimate of drug-likeness (QED) is 0.675. The van der Waals surface area contributed by atoms with Gasteiger partial charge in [0.25, 0.3) is 5.91 Å². The SMILES string of the molecule is Cc1ccccc1-n1nc(C(C)C)c(C(=O)NCc2cccnc2)c1C(C)C. The van der Waals surface area contributed by atoms with Crippen LogP contribution in [-0.4, -0.2) is 20.7 Å². The van der Waals surface area contributed by atoms with E-state index in [1.54, 1.807) is 12.4 Å². The second-order valence-corrected chi connectivity index (χ2v) is 7.70. The summed E-state index contributed by atoms with van der Waals surface area (Å²) < 4.78 is 1.95. The largest absolute Gasteiger partial charge is 0.348 e. The number of rotatable bonds is 6. The second kappa shape index (κ2) is 8.38. The van der Waals surface area contributed by atoms with Crippen LogP contribution in [0.4, 0.5) is 0 Å². The molecule has 2 heterocycles. The van der Waals surface area contributed by atoms with Crippen LogP contribution in [0.5, 0.6) is 0 Å². The molecule has 3 rings (SSSR count). The lowest BCUT2D eigenvalue weighted by atomic mass is 9.97. The Labute approximate surface area is 166 Å². The summed E-state index contributed by atoms with van der Waals surface area (Å²) in [5.41, 5.74) is 5.58. The first-order chi connectivity index (χ1) is 13.4. The molecule has 1 N–H and O–H groups in total. The lowest BCUT2D eigenvalue weighted by molar-refractivity contribution is 0.0948. The normalized spacial score (nSPS) is 11.2. The molecular formula is C23H28N4O. The van der Waals surface area contributed by atoms with E-state index in [-0.39, 0.29) is 17.7 Å². The van der Waals surface area contributed by atoms with E-state index in [0.29, 0.717) is 12.1 Å². The molecule has 0 spiro atoms. The van der Waals surface area contributed by atoms with Crippen LogP contribution in [-0.2, 0) is 6.54 Å². The smallest absolute Gasteiger partial charge is 0.255 e. The summed E-state index contributed by atoms with van der Waals surface area (Å²) in [5.74, 6) is 0.205. The minimum Gasteiger partial charge on any atom is -0.348 e. The van der Waals surface area contributed by atoms with Crippen molar-refractivity contribution in [3.63, 3.8) is 0 Å². The molecule has 0 aliphatic rings. The lowest BCUT2D eigenvalue weighted by Crippen LogP contribution is -2.25. The Balaban J connectivity index is 2.06. The Bertz CT molecular complexity index is 958. The number of pyridine rings is 1. The molecule has 0 aliphatic heterocycles. The van der Waals surface area contributed by atoms with Crippen LogP contribution in [0.15, 0.2) is 48.8 Å². The summed E-state index contributed by atoms with van der Waals surface area (Å²) in [6.07, 6.45) is 3.50. The lowest BCUT2D eigenvalue weighted by Gasteiger charge is -2.15. The molecule has 0 radical (unpaired) electrons. The van der Waals surface area contributed by atoms with Crippen LogP contribution >= 0.6 is 0 Å². The van der Waals surface area contributed by atoms with Gasteiger partial charge in [0, 0.05) is 18.9 Å². The highest BCUT2D eigenvalue weighted by Gasteiger charge is 2.28. The topological polar surface area (TPSA) is 59.8 Å². The zero-order valence-corrected chi connectivity index (χ0v) is 17.2. The first-order valence-electron chi connectivity index (χ1n) is 9.76. The summed E-state index contributed by atoms with van der Waals surface area (Å²) in [5, 5.41) is 7.93. The Morgan fingerprint density at radius 2 is 1.82 bits per heavy atom. The fourth-order valence-corrected chi connectivity index (χ4v) is 3.38. The van der Waals surface area contributed by atoms with Gasteiger partial charge < -0.3 is 5.32 Å². The fourth-order valence-electron chi connectivity index (χ4n) is 3.38. The van der Waals surface area contributed by atoms with Gasteiger partial charge in [0.05, 0.1) is 22.6 Å². The number of hydrogen-bond donors (Lipinski definition) is 1. The van der Waals surface area contributed by atoms with Gasteiger partial charge in [-0.3, -0.25) is 9.78 Å². The van der Waals surface area contributed by atoms with E-state index >= 15 is 0 Å². The predicted molar refractivity (Wildman–Crippen MR) is 112 cm³/mol. The molecule has 5 heteroatoms. The number of benzene rings is 1. The maximum atomic E-state index is 13.2. The molecular weight excluding hydrogens is 348 g/mol. The van der Waals surface area contributed by atoms with Crippen molar-refractivity contribution in [1.29, 1.82) is 0 Å². The van der Waals surface area contributed by atoms with Crippen molar-refractivity contribution in [3.8, 4) is 5.69 Å². The van der Waals surface area contributed by atoms with Crippen molar-refractivity contribution < 1.29 is 4.79 Å². The summed E-state index contributed by atoms with van der Waals surface area (Å²) in [6, 6.07) is 12.0. The van der Waals surface area contributed by atoms with Crippen LogP contribution in [0.25, 0.3) is 5.69 Å². The molecule has 0 unspecified atom stereocenters. The number of nitrogens with zero attached hydrogens (tertiary/aromatic N) is 3. The van der Waals surface area contributed by atoms with Gasteiger partial charge in [-0.15, -0.1) is 0 Å². The third kappa shape index (κ3) is 3.98. The summed E-state index contributed by atoms with van der Waals surface area (Å²) in [4.78, 5) is 17.3. The van der Waals surface area contributed by atoms with E-state index in [4.69, 9.17) is 5.10 Å². The predicted octanol–water partition coefficient (Wildman–Crippen LogP) is 4.75. The molecule has 2 aromatic heterocycles. The highest BCUT2D eigenvalue weighted by molar-refractivity contribution is 5.97. The summed E-state index contributed by atoms with van der Waals surface area (Å²) >= 11 is 0. The third-order valence-corrected chi connectivity index (χ3v) is 4.79. The van der Waals surface area contributed by atoms with Crippen molar-refractivity contribution in [2.75, 3.05) is 0 Å². The Morgan fingerprint density at radius 1 is 1.07 bits per heavy atom. The van der Waals surface area contributed by atoms with Gasteiger partial charge in [0.15, 0.2) is 0 Å². The summed E-state index contributed by atoms with van der Waals surface area (Å²) in [7, 11) is 0. The average molecular weight is 377 g/mol. The minimum atomic E-state index is -0.0870. The van der Waals surface area contributed by atoms with Crippen molar-refractivity contribution in [2.24, 2.45) is 0 Å². The number of nitrogens with one attached hydrogen (secondary N) is 1. The number of carbonyl (C=O) groups is 1. The zero-order chi connectivity index (χ0) is 20.3. The van der Waals surface area contributed by atoms with Gasteiger partial charge in [0.2, 0.25) is 0 Å². The van der Waals surface area contributed by atoms with Gasteiger partial charge >= 0.3 is 0 Å². The number of hydrogen-bond acceptors (Lipinski definition) is 3. The molecule has 0 aliphatic carbocycles. The number of carbonyl (C=O) groups excluding carboxylic acids is 1. The molecule has 0 fully saturated rings. The maximum Gasteiger partial charge on any atom is 0.255 e. The van der Waals surface area contributed by atoms with E-state index in [2.05, 4.69) is 57.1 Å². The Morgan fingerprint density at radius 3 is 2.43 bits per heavy atom. The number of para-hydroxylation sites is 1. The number of aryl methyl sites for hydroxylation is 1. The van der Waals surface area contributed by atoms with Crippen LogP contribution in [0, 0.1) is 6.92 Å². The zero-order valence-electron chi connectivity index (χ0n) is 17.2. The van der Waals surface area contributed by atoms with Crippen LogP contribution in [0.2, 0.25) is 0 Å². The van der Waals surface area contributed by atoms with Crippen LogP contribution < -0.4 is 5.32 Å². The fraction of sp³-hybridized carbons (Fsp3) is 0.348. The van der Waals surface area contributed by atoms with E-state index < -0.39 is 0 Å². The monoisotopic (exact) mass is 376 g/mol. The first-order valence-corrected chi connectivity index (χ1v) is 9.76. The van der Waals surface area contributed by atoms with E-state index in [1.807, 2.05) is 28.9 Å². The van der Waals surface area contributed by atoms with Crippen LogP contribution in [0.1, 0.15) is 72.4 Å². The third-order valence-electron chi connectivity index (χ3n) is 4.79. The number of amides is 1. The number of aromatic nitrogens is 3. The van der Waals surface area contributed by atoms with Crippen molar-refractivity contribution >= 4 is 5.91 Å². The van der Waals surface area contributed by atoms with Crippen molar-refractivity contribution in [3.05, 3.63) is 76.9 Å².